The Morgan fingerprint density at radius 2 is 2.15 bits per heavy atom. The van der Waals surface area contributed by atoms with E-state index in [9.17, 15) is 0 Å². The number of hydrogen-bond donors (Lipinski definition) is 1. The van der Waals surface area contributed by atoms with Crippen molar-refractivity contribution in [2.45, 2.75) is 52.1 Å². The molecule has 1 aliphatic rings. The zero-order chi connectivity index (χ0) is 14.4. The summed E-state index contributed by atoms with van der Waals surface area (Å²) in [6, 6.07) is 9.64. The summed E-state index contributed by atoms with van der Waals surface area (Å²) in [6.07, 6.45) is 5.53. The van der Waals surface area contributed by atoms with Gasteiger partial charge in [-0.1, -0.05) is 43.2 Å². The van der Waals surface area contributed by atoms with E-state index in [0.717, 1.165) is 25.0 Å². The van der Waals surface area contributed by atoms with Crippen LogP contribution in [0.3, 0.4) is 0 Å². The monoisotopic (exact) mass is 274 g/mol. The first-order valence-corrected chi connectivity index (χ1v) is 8.16. The van der Waals surface area contributed by atoms with Gasteiger partial charge in [-0.25, -0.2) is 0 Å². The third-order valence-electron chi connectivity index (χ3n) is 4.54. The van der Waals surface area contributed by atoms with Crippen LogP contribution < -0.4 is 5.32 Å². The Balaban J connectivity index is 1.76. The van der Waals surface area contributed by atoms with Gasteiger partial charge in [-0.05, 0) is 57.8 Å². The molecule has 0 aliphatic heterocycles. The van der Waals surface area contributed by atoms with Crippen LogP contribution in [0.4, 0.5) is 0 Å². The highest BCUT2D eigenvalue weighted by molar-refractivity contribution is 5.21. The van der Waals surface area contributed by atoms with Crippen LogP contribution in [-0.2, 0) is 6.54 Å². The molecular formula is C18H30N2. The van der Waals surface area contributed by atoms with Crippen molar-refractivity contribution in [1.29, 1.82) is 0 Å². The van der Waals surface area contributed by atoms with Gasteiger partial charge >= 0.3 is 0 Å². The van der Waals surface area contributed by atoms with Gasteiger partial charge < -0.3 is 10.2 Å². The fourth-order valence-corrected chi connectivity index (χ4v) is 3.50. The highest BCUT2D eigenvalue weighted by atomic mass is 15.1. The molecule has 2 rings (SSSR count). The van der Waals surface area contributed by atoms with Crippen molar-refractivity contribution < 1.29 is 0 Å². The summed E-state index contributed by atoms with van der Waals surface area (Å²) in [5, 5.41) is 3.66. The minimum Gasteiger partial charge on any atom is -0.314 e. The molecule has 2 heteroatoms. The van der Waals surface area contributed by atoms with Crippen molar-refractivity contribution in [2.75, 3.05) is 20.1 Å². The first-order valence-electron chi connectivity index (χ1n) is 8.16. The van der Waals surface area contributed by atoms with E-state index < -0.39 is 0 Å². The average Bonchev–Trinajstić information content (AvgIpc) is 2.84. The summed E-state index contributed by atoms with van der Waals surface area (Å²) in [7, 11) is 2.25. The summed E-state index contributed by atoms with van der Waals surface area (Å²) in [4.78, 5) is 2.47. The lowest BCUT2D eigenvalue weighted by Crippen LogP contribution is -2.34. The zero-order valence-corrected chi connectivity index (χ0v) is 13.4. The van der Waals surface area contributed by atoms with E-state index in [1.54, 1.807) is 0 Å². The van der Waals surface area contributed by atoms with Crippen molar-refractivity contribution in [2.24, 2.45) is 5.92 Å². The number of nitrogens with one attached hydrogen (secondary N) is 1. The lowest BCUT2D eigenvalue weighted by atomic mass is 9.99. The predicted octanol–water partition coefficient (Wildman–Crippen LogP) is 3.60. The van der Waals surface area contributed by atoms with Gasteiger partial charge in [-0.3, -0.25) is 0 Å². The highest BCUT2D eigenvalue weighted by Gasteiger charge is 2.26. The molecule has 20 heavy (non-hydrogen) atoms. The van der Waals surface area contributed by atoms with Crippen molar-refractivity contribution in [3.8, 4) is 0 Å². The van der Waals surface area contributed by atoms with Crippen LogP contribution in [-0.4, -0.2) is 31.1 Å². The highest BCUT2D eigenvalue weighted by Crippen LogP contribution is 2.28. The third-order valence-corrected chi connectivity index (χ3v) is 4.54. The molecule has 0 bridgehead atoms. The Kier molecular flexibility index (Phi) is 6.06. The minimum atomic E-state index is 0.771. The Morgan fingerprint density at radius 1 is 1.30 bits per heavy atom. The maximum Gasteiger partial charge on any atom is 0.0230 e. The summed E-state index contributed by atoms with van der Waals surface area (Å²) in [6.45, 7) is 7.78. The van der Waals surface area contributed by atoms with Crippen molar-refractivity contribution in [1.82, 2.24) is 10.2 Å². The quantitative estimate of drug-likeness (QED) is 0.817. The van der Waals surface area contributed by atoms with Gasteiger partial charge in [-0.2, -0.15) is 0 Å². The molecule has 0 aromatic heterocycles. The van der Waals surface area contributed by atoms with Gasteiger partial charge in [0.25, 0.3) is 0 Å². The lowest BCUT2D eigenvalue weighted by Gasteiger charge is -2.24. The molecule has 1 aromatic carbocycles. The molecule has 1 fully saturated rings. The Hall–Kier alpha value is -0.860. The van der Waals surface area contributed by atoms with Gasteiger partial charge in [0.2, 0.25) is 0 Å². The largest absolute Gasteiger partial charge is 0.314 e. The first-order chi connectivity index (χ1) is 9.69. The van der Waals surface area contributed by atoms with E-state index in [0.29, 0.717) is 0 Å². The SMILES string of the molecule is CCNC1CCCC1CCN(C)Cc1cccc(C)c1. The third kappa shape index (κ3) is 4.60. The van der Waals surface area contributed by atoms with E-state index in [2.05, 4.69) is 55.4 Å². The zero-order valence-electron chi connectivity index (χ0n) is 13.4. The van der Waals surface area contributed by atoms with Gasteiger partial charge in [0.1, 0.15) is 0 Å². The molecule has 1 aliphatic carbocycles. The van der Waals surface area contributed by atoms with Crippen LogP contribution in [0.1, 0.15) is 43.7 Å². The Morgan fingerprint density at radius 3 is 2.90 bits per heavy atom. The number of rotatable bonds is 7. The number of hydrogen-bond acceptors (Lipinski definition) is 2. The summed E-state index contributed by atoms with van der Waals surface area (Å²) >= 11 is 0. The summed E-state index contributed by atoms with van der Waals surface area (Å²) < 4.78 is 0. The number of nitrogens with zero attached hydrogens (tertiary/aromatic N) is 1. The second kappa shape index (κ2) is 7.80. The molecule has 1 saturated carbocycles. The van der Waals surface area contributed by atoms with Crippen LogP contribution in [0.2, 0.25) is 0 Å². The molecular weight excluding hydrogens is 244 g/mol. The maximum absolute atomic E-state index is 3.66. The maximum atomic E-state index is 3.66. The van der Waals surface area contributed by atoms with Crippen LogP contribution in [0, 0.1) is 12.8 Å². The molecule has 2 unspecified atom stereocenters. The molecule has 2 nitrogen and oxygen atoms in total. The van der Waals surface area contributed by atoms with Gasteiger partial charge in [0.05, 0.1) is 0 Å². The van der Waals surface area contributed by atoms with Crippen molar-refractivity contribution in [3.63, 3.8) is 0 Å². The minimum absolute atomic E-state index is 0.771. The molecule has 1 N–H and O–H groups in total. The van der Waals surface area contributed by atoms with Crippen LogP contribution >= 0.6 is 0 Å². The second-order valence-electron chi connectivity index (χ2n) is 6.37. The second-order valence-corrected chi connectivity index (χ2v) is 6.37. The van der Waals surface area contributed by atoms with E-state index in [4.69, 9.17) is 0 Å². The summed E-state index contributed by atoms with van der Waals surface area (Å²) in [5.41, 5.74) is 2.79. The smallest absolute Gasteiger partial charge is 0.0230 e. The molecule has 0 amide bonds. The Bertz CT molecular complexity index is 402. The normalized spacial score (nSPS) is 22.6. The fraction of sp³-hybridized carbons (Fsp3) is 0.667. The van der Waals surface area contributed by atoms with Crippen LogP contribution in [0.15, 0.2) is 24.3 Å². The standard InChI is InChI=1S/C18H30N2/c1-4-19-18-10-6-9-17(18)11-12-20(3)14-16-8-5-7-15(2)13-16/h5,7-8,13,17-19H,4,6,9-12,14H2,1-3H3. The fourth-order valence-electron chi connectivity index (χ4n) is 3.50. The Labute approximate surface area is 124 Å². The lowest BCUT2D eigenvalue weighted by molar-refractivity contribution is 0.276. The number of benzene rings is 1. The van der Waals surface area contributed by atoms with Crippen molar-refractivity contribution >= 4 is 0 Å². The first kappa shape index (κ1) is 15.5. The molecule has 0 heterocycles. The molecule has 112 valence electrons. The van der Waals surface area contributed by atoms with E-state index >= 15 is 0 Å². The predicted molar refractivity (Wildman–Crippen MR) is 86.9 cm³/mol. The molecule has 2 atom stereocenters. The van der Waals surface area contributed by atoms with E-state index in [-0.39, 0.29) is 0 Å². The topological polar surface area (TPSA) is 15.3 Å². The van der Waals surface area contributed by atoms with Gasteiger partial charge in [-0.15, -0.1) is 0 Å². The molecule has 0 radical (unpaired) electrons. The van der Waals surface area contributed by atoms with Crippen molar-refractivity contribution in [3.05, 3.63) is 35.4 Å². The number of aryl methyl sites for hydroxylation is 1. The average molecular weight is 274 g/mol. The van der Waals surface area contributed by atoms with E-state index in [1.807, 2.05) is 0 Å². The van der Waals surface area contributed by atoms with Crippen LogP contribution in [0.5, 0.6) is 0 Å². The van der Waals surface area contributed by atoms with Gasteiger partial charge in [0, 0.05) is 12.6 Å². The molecule has 1 aromatic rings. The molecule has 0 saturated heterocycles. The summed E-state index contributed by atoms with van der Waals surface area (Å²) in [5.74, 6) is 0.884. The van der Waals surface area contributed by atoms with Crippen LogP contribution in [0.25, 0.3) is 0 Å². The molecule has 0 spiro atoms. The van der Waals surface area contributed by atoms with E-state index in [1.165, 1.54) is 43.4 Å². The van der Waals surface area contributed by atoms with Gasteiger partial charge in [0.15, 0.2) is 0 Å².